The van der Waals surface area contributed by atoms with Crippen molar-refractivity contribution < 1.29 is 14.3 Å². The average molecular weight is 461 g/mol. The third-order valence-corrected chi connectivity index (χ3v) is 5.76. The van der Waals surface area contributed by atoms with E-state index in [0.29, 0.717) is 46.9 Å². The van der Waals surface area contributed by atoms with Gasteiger partial charge in [-0.2, -0.15) is 4.98 Å². The Morgan fingerprint density at radius 3 is 2.82 bits per heavy atom. The molecular formula is C25H24N4O3S. The topological polar surface area (TPSA) is 77.4 Å². The summed E-state index contributed by atoms with van der Waals surface area (Å²) >= 11 is 1.41. The lowest BCUT2D eigenvalue weighted by Crippen LogP contribution is -2.37. The summed E-state index contributed by atoms with van der Waals surface area (Å²) < 4.78 is 12.1. The Morgan fingerprint density at radius 2 is 2.03 bits per heavy atom. The first-order chi connectivity index (χ1) is 16.2. The average Bonchev–Trinajstić information content (AvgIpc) is 3.00. The lowest BCUT2D eigenvalue weighted by atomic mass is 10.1. The Bertz CT molecular complexity index is 1180. The van der Waals surface area contributed by atoms with Crippen LogP contribution in [0.25, 0.3) is 11.3 Å². The van der Waals surface area contributed by atoms with Gasteiger partial charge >= 0.3 is 0 Å². The van der Waals surface area contributed by atoms with Gasteiger partial charge in [0.2, 0.25) is 23.2 Å². The fourth-order valence-electron chi connectivity index (χ4n) is 3.48. The maximum absolute atomic E-state index is 13.2. The molecule has 1 aliphatic heterocycles. The van der Waals surface area contributed by atoms with Gasteiger partial charge in [0.15, 0.2) is 5.69 Å². The van der Waals surface area contributed by atoms with Gasteiger partial charge in [-0.1, -0.05) is 67.7 Å². The predicted octanol–water partition coefficient (Wildman–Crippen LogP) is 5.22. The van der Waals surface area contributed by atoms with E-state index < -0.39 is 6.23 Å². The van der Waals surface area contributed by atoms with Gasteiger partial charge in [0.25, 0.3) is 0 Å². The number of carbonyl (C=O) groups is 1. The van der Waals surface area contributed by atoms with E-state index in [2.05, 4.69) is 28.3 Å². The normalized spacial score (nSPS) is 14.3. The fraction of sp³-hybridized carbons (Fsp3) is 0.200. The zero-order chi connectivity index (χ0) is 23.2. The highest BCUT2D eigenvalue weighted by atomic mass is 32.2. The third kappa shape index (κ3) is 4.75. The molecule has 1 aromatic heterocycles. The minimum Gasteiger partial charge on any atom is -0.490 e. The Morgan fingerprint density at radius 1 is 1.18 bits per heavy atom. The second-order valence-electron chi connectivity index (χ2n) is 7.12. The Labute approximate surface area is 197 Å². The molecule has 1 amide bonds. The quantitative estimate of drug-likeness (QED) is 0.337. The van der Waals surface area contributed by atoms with Crippen LogP contribution < -0.4 is 14.4 Å². The van der Waals surface area contributed by atoms with Crippen LogP contribution in [0.3, 0.4) is 0 Å². The van der Waals surface area contributed by atoms with Crippen molar-refractivity contribution >= 4 is 23.4 Å². The standard InChI is InChI=1S/C25H24N4O3S/c1-4-14-31-18-11-9-10-17(16-18)24-29(21(30)6-3)20-13-8-7-12-19(20)22-23(32-24)26-25(28-27-22)33-15-5-2/h4-5,7-13,16,24H,1-2,6,14-15H2,3H3. The maximum atomic E-state index is 13.2. The van der Waals surface area contributed by atoms with Gasteiger partial charge < -0.3 is 9.47 Å². The summed E-state index contributed by atoms with van der Waals surface area (Å²) in [6.07, 6.45) is 2.99. The van der Waals surface area contributed by atoms with E-state index in [1.807, 2.05) is 55.5 Å². The summed E-state index contributed by atoms with van der Waals surface area (Å²) in [5.41, 5.74) is 2.66. The van der Waals surface area contributed by atoms with Crippen LogP contribution in [0.5, 0.6) is 11.6 Å². The molecule has 1 unspecified atom stereocenters. The molecule has 0 bridgehead atoms. The summed E-state index contributed by atoms with van der Waals surface area (Å²) in [7, 11) is 0. The molecule has 33 heavy (non-hydrogen) atoms. The van der Waals surface area contributed by atoms with Gasteiger partial charge in [0.05, 0.1) is 5.69 Å². The van der Waals surface area contributed by atoms with Crippen molar-refractivity contribution in [3.8, 4) is 22.9 Å². The number of thioether (sulfide) groups is 1. The molecule has 4 rings (SSSR count). The number of fused-ring (bicyclic) bond motifs is 3. The molecule has 0 spiro atoms. The molecule has 1 aliphatic rings. The minimum absolute atomic E-state index is 0.0908. The molecule has 1 atom stereocenters. The molecule has 8 heteroatoms. The van der Waals surface area contributed by atoms with Crippen LogP contribution in [0.4, 0.5) is 5.69 Å². The van der Waals surface area contributed by atoms with E-state index >= 15 is 0 Å². The van der Waals surface area contributed by atoms with Crippen molar-refractivity contribution in [1.29, 1.82) is 0 Å². The molecule has 0 aliphatic carbocycles. The number of hydrogen-bond donors (Lipinski definition) is 0. The first-order valence-electron chi connectivity index (χ1n) is 10.6. The lowest BCUT2D eigenvalue weighted by molar-refractivity contribution is -0.120. The van der Waals surface area contributed by atoms with Crippen LogP contribution in [-0.2, 0) is 4.79 Å². The smallest absolute Gasteiger partial charge is 0.247 e. The molecule has 3 aromatic rings. The predicted molar refractivity (Wildman–Crippen MR) is 129 cm³/mol. The zero-order valence-electron chi connectivity index (χ0n) is 18.3. The van der Waals surface area contributed by atoms with Crippen molar-refractivity contribution in [3.05, 3.63) is 79.4 Å². The van der Waals surface area contributed by atoms with Crippen molar-refractivity contribution in [2.45, 2.75) is 24.7 Å². The number of rotatable bonds is 8. The number of aromatic nitrogens is 3. The Kier molecular flexibility index (Phi) is 7.04. The SMILES string of the molecule is C=CCOc1cccc(C2Oc3nc(SCC=C)nnc3-c3ccccc3N2C(=O)CC)c1. The number of anilines is 1. The van der Waals surface area contributed by atoms with Gasteiger partial charge in [-0.3, -0.25) is 9.69 Å². The molecule has 0 N–H and O–H groups in total. The summed E-state index contributed by atoms with van der Waals surface area (Å²) in [6.45, 7) is 9.63. The molecule has 2 aromatic carbocycles. The number of amides is 1. The molecule has 0 fully saturated rings. The number of nitrogens with zero attached hydrogens (tertiary/aromatic N) is 4. The van der Waals surface area contributed by atoms with E-state index in [9.17, 15) is 4.79 Å². The van der Waals surface area contributed by atoms with Gasteiger partial charge in [-0.25, -0.2) is 0 Å². The monoisotopic (exact) mass is 460 g/mol. The van der Waals surface area contributed by atoms with Crippen LogP contribution >= 0.6 is 11.8 Å². The van der Waals surface area contributed by atoms with Crippen LogP contribution in [0.2, 0.25) is 0 Å². The summed E-state index contributed by atoms with van der Waals surface area (Å²) in [4.78, 5) is 19.5. The van der Waals surface area contributed by atoms with Gasteiger partial charge in [0.1, 0.15) is 12.4 Å². The van der Waals surface area contributed by atoms with Crippen LogP contribution in [0.1, 0.15) is 25.1 Å². The largest absolute Gasteiger partial charge is 0.490 e. The Hall–Kier alpha value is -3.65. The second kappa shape index (κ2) is 10.3. The van der Waals surface area contributed by atoms with E-state index in [-0.39, 0.29) is 5.91 Å². The molecule has 168 valence electrons. The van der Waals surface area contributed by atoms with E-state index in [1.54, 1.807) is 17.1 Å². The molecule has 2 heterocycles. The minimum atomic E-state index is -0.763. The zero-order valence-corrected chi connectivity index (χ0v) is 19.1. The maximum Gasteiger partial charge on any atom is 0.247 e. The number of benzene rings is 2. The number of hydrogen-bond acceptors (Lipinski definition) is 7. The molecule has 0 radical (unpaired) electrons. The first kappa shape index (κ1) is 22.5. The summed E-state index contributed by atoms with van der Waals surface area (Å²) in [5, 5.41) is 9.14. The number of para-hydroxylation sites is 1. The van der Waals surface area contributed by atoms with Crippen molar-refractivity contribution in [2.75, 3.05) is 17.3 Å². The Balaban J connectivity index is 1.87. The molecular weight excluding hydrogens is 436 g/mol. The highest BCUT2D eigenvalue weighted by molar-refractivity contribution is 7.99. The van der Waals surface area contributed by atoms with Gasteiger partial charge in [0, 0.05) is 23.3 Å². The van der Waals surface area contributed by atoms with Crippen LogP contribution in [-0.4, -0.2) is 33.4 Å². The summed E-state index contributed by atoms with van der Waals surface area (Å²) in [5.74, 6) is 1.52. The van der Waals surface area contributed by atoms with E-state index in [1.165, 1.54) is 11.8 Å². The second-order valence-corrected chi connectivity index (χ2v) is 8.11. The van der Waals surface area contributed by atoms with E-state index in [0.717, 1.165) is 11.1 Å². The van der Waals surface area contributed by atoms with Crippen molar-refractivity contribution in [3.63, 3.8) is 0 Å². The van der Waals surface area contributed by atoms with Crippen molar-refractivity contribution in [2.24, 2.45) is 0 Å². The highest BCUT2D eigenvalue weighted by Gasteiger charge is 2.35. The van der Waals surface area contributed by atoms with E-state index in [4.69, 9.17) is 9.47 Å². The van der Waals surface area contributed by atoms with Crippen molar-refractivity contribution in [1.82, 2.24) is 15.2 Å². The number of ether oxygens (including phenoxy) is 2. The van der Waals surface area contributed by atoms with Gasteiger partial charge in [-0.05, 0) is 18.2 Å². The molecule has 0 saturated carbocycles. The molecule has 7 nitrogen and oxygen atoms in total. The summed E-state index contributed by atoms with van der Waals surface area (Å²) in [6, 6.07) is 15.0. The number of carbonyl (C=O) groups excluding carboxylic acids is 1. The lowest BCUT2D eigenvalue weighted by Gasteiger charge is -2.30. The van der Waals surface area contributed by atoms with Gasteiger partial charge in [-0.15, -0.1) is 16.8 Å². The third-order valence-electron chi connectivity index (χ3n) is 4.92. The molecule has 0 saturated heterocycles. The highest BCUT2D eigenvalue weighted by Crippen LogP contribution is 2.43. The van der Waals surface area contributed by atoms with Crippen LogP contribution in [0.15, 0.2) is 79.0 Å². The first-order valence-corrected chi connectivity index (χ1v) is 11.5. The van der Waals surface area contributed by atoms with Crippen LogP contribution in [0, 0.1) is 0 Å². The fourth-order valence-corrected chi connectivity index (χ4v) is 3.99.